The molecule has 0 saturated carbocycles. The lowest BCUT2D eigenvalue weighted by Crippen LogP contribution is -2.27. The quantitative estimate of drug-likeness (QED) is 0.846. The maximum absolute atomic E-state index is 5.98. The minimum Gasteiger partial charge on any atom is -0.345 e. The van der Waals surface area contributed by atoms with Gasteiger partial charge in [0.1, 0.15) is 5.82 Å². The minimum absolute atomic E-state index is 0.296. The number of nitrogens with one attached hydrogen (secondary N) is 1. The van der Waals surface area contributed by atoms with Gasteiger partial charge in [-0.2, -0.15) is 0 Å². The maximum Gasteiger partial charge on any atom is 0.110 e. The van der Waals surface area contributed by atoms with Crippen LogP contribution >= 0.6 is 0 Å². The second-order valence-corrected chi connectivity index (χ2v) is 5.28. The number of hydrogen-bond donors (Lipinski definition) is 2. The highest BCUT2D eigenvalue weighted by Crippen LogP contribution is 2.19. The molecule has 1 aromatic heterocycles. The van der Waals surface area contributed by atoms with Gasteiger partial charge in [0, 0.05) is 24.6 Å². The third-order valence-corrected chi connectivity index (χ3v) is 3.59. The van der Waals surface area contributed by atoms with Gasteiger partial charge in [-0.1, -0.05) is 29.8 Å². The highest BCUT2D eigenvalue weighted by atomic mass is 14.9. The molecule has 3 heteroatoms. The summed E-state index contributed by atoms with van der Waals surface area (Å²) >= 11 is 0. The predicted molar refractivity (Wildman–Crippen MR) is 72.6 cm³/mol. The molecule has 0 aliphatic heterocycles. The first-order valence-electron chi connectivity index (χ1n) is 6.58. The van der Waals surface area contributed by atoms with Gasteiger partial charge in [-0.05, 0) is 25.3 Å². The molecule has 0 bridgehead atoms. The van der Waals surface area contributed by atoms with Crippen LogP contribution in [0.3, 0.4) is 0 Å². The van der Waals surface area contributed by atoms with Crippen LogP contribution in [0.4, 0.5) is 0 Å². The summed E-state index contributed by atoms with van der Waals surface area (Å²) in [6.45, 7) is 2.12. The van der Waals surface area contributed by atoms with Crippen LogP contribution in [0.25, 0.3) is 0 Å². The van der Waals surface area contributed by atoms with Crippen LogP contribution in [0.2, 0.25) is 0 Å². The molecule has 0 amide bonds. The van der Waals surface area contributed by atoms with Crippen molar-refractivity contribution in [1.29, 1.82) is 0 Å². The summed E-state index contributed by atoms with van der Waals surface area (Å²) in [5.41, 5.74) is 11.1. The van der Waals surface area contributed by atoms with Gasteiger partial charge >= 0.3 is 0 Å². The van der Waals surface area contributed by atoms with Crippen molar-refractivity contribution >= 4 is 0 Å². The average molecular weight is 241 g/mol. The lowest BCUT2D eigenvalue weighted by molar-refractivity contribution is 0.565. The van der Waals surface area contributed by atoms with Crippen molar-refractivity contribution in [3.8, 4) is 0 Å². The van der Waals surface area contributed by atoms with Gasteiger partial charge in [0.2, 0.25) is 0 Å². The molecule has 1 atom stereocenters. The number of aryl methyl sites for hydroxylation is 2. The third-order valence-electron chi connectivity index (χ3n) is 3.59. The Morgan fingerprint density at radius 2 is 2.33 bits per heavy atom. The Morgan fingerprint density at radius 1 is 1.44 bits per heavy atom. The van der Waals surface area contributed by atoms with Gasteiger partial charge in [0.15, 0.2) is 0 Å². The van der Waals surface area contributed by atoms with Crippen molar-refractivity contribution < 1.29 is 0 Å². The number of aromatic amines is 1. The molecule has 0 saturated heterocycles. The number of fused-ring (bicyclic) bond motifs is 1. The van der Waals surface area contributed by atoms with E-state index in [0.717, 1.165) is 31.5 Å². The zero-order valence-corrected chi connectivity index (χ0v) is 10.7. The molecule has 1 aliphatic carbocycles. The summed E-state index contributed by atoms with van der Waals surface area (Å²) in [6.07, 6.45) is 3.89. The minimum atomic E-state index is 0.296. The van der Waals surface area contributed by atoms with Crippen molar-refractivity contribution in [2.75, 3.05) is 0 Å². The number of hydrogen-bond acceptors (Lipinski definition) is 2. The Hall–Kier alpha value is -1.61. The summed E-state index contributed by atoms with van der Waals surface area (Å²) in [6, 6.07) is 8.89. The number of H-pyrrole nitrogens is 1. The fourth-order valence-corrected chi connectivity index (χ4v) is 2.67. The first-order chi connectivity index (χ1) is 8.70. The lowest BCUT2D eigenvalue weighted by Gasteiger charge is -2.15. The van der Waals surface area contributed by atoms with Gasteiger partial charge in [0.05, 0.1) is 5.69 Å². The monoisotopic (exact) mass is 241 g/mol. The molecule has 94 valence electrons. The van der Waals surface area contributed by atoms with E-state index < -0.39 is 0 Å². The molecule has 2 aromatic rings. The van der Waals surface area contributed by atoms with E-state index in [1.165, 1.54) is 22.5 Å². The smallest absolute Gasteiger partial charge is 0.110 e. The van der Waals surface area contributed by atoms with E-state index in [0.29, 0.717) is 6.04 Å². The molecular formula is C15H19N3. The number of aromatic nitrogens is 2. The Bertz CT molecular complexity index is 557. The normalized spacial score (nSPS) is 18.7. The summed E-state index contributed by atoms with van der Waals surface area (Å²) in [4.78, 5) is 8.14. The summed E-state index contributed by atoms with van der Waals surface area (Å²) in [7, 11) is 0. The molecule has 3 rings (SSSR count). The Kier molecular flexibility index (Phi) is 2.92. The van der Waals surface area contributed by atoms with Crippen molar-refractivity contribution in [3.05, 3.63) is 52.6 Å². The summed E-state index contributed by atoms with van der Waals surface area (Å²) in [5, 5.41) is 0. The van der Waals surface area contributed by atoms with Crippen LogP contribution in [0.15, 0.2) is 24.3 Å². The number of nitrogens with two attached hydrogens (primary N) is 1. The van der Waals surface area contributed by atoms with Gasteiger partial charge in [0.25, 0.3) is 0 Å². The van der Waals surface area contributed by atoms with E-state index in [4.69, 9.17) is 10.7 Å². The third kappa shape index (κ3) is 2.31. The van der Waals surface area contributed by atoms with Crippen LogP contribution in [0, 0.1) is 6.92 Å². The first kappa shape index (κ1) is 11.5. The van der Waals surface area contributed by atoms with Gasteiger partial charge < -0.3 is 10.7 Å². The molecule has 0 spiro atoms. The largest absolute Gasteiger partial charge is 0.345 e. The van der Waals surface area contributed by atoms with Gasteiger partial charge in [-0.3, -0.25) is 0 Å². The molecule has 0 radical (unpaired) electrons. The Morgan fingerprint density at radius 3 is 3.17 bits per heavy atom. The van der Waals surface area contributed by atoms with Gasteiger partial charge in [-0.25, -0.2) is 4.98 Å². The number of imidazole rings is 1. The Balaban J connectivity index is 1.82. The molecular weight excluding hydrogens is 222 g/mol. The standard InChI is InChI=1S/C15H19N3/c1-10-3-2-4-11(7-10)8-15-17-13-6-5-12(16)9-14(13)18-15/h2-4,7,12H,5-6,8-9,16H2,1H3,(H,17,18). The van der Waals surface area contributed by atoms with Crippen LogP contribution in [0.1, 0.15) is 34.8 Å². The van der Waals surface area contributed by atoms with E-state index in [9.17, 15) is 0 Å². The molecule has 1 aromatic carbocycles. The number of benzene rings is 1. The number of nitrogens with zero attached hydrogens (tertiary/aromatic N) is 1. The van der Waals surface area contributed by atoms with Crippen molar-refractivity contribution in [2.45, 2.75) is 38.6 Å². The van der Waals surface area contributed by atoms with E-state index in [1.807, 2.05) is 0 Å². The van der Waals surface area contributed by atoms with Crippen molar-refractivity contribution in [1.82, 2.24) is 9.97 Å². The van der Waals surface area contributed by atoms with E-state index in [-0.39, 0.29) is 0 Å². The zero-order chi connectivity index (χ0) is 12.5. The maximum atomic E-state index is 5.98. The Labute approximate surface area is 107 Å². The molecule has 0 fully saturated rings. The topological polar surface area (TPSA) is 54.7 Å². The molecule has 1 heterocycles. The molecule has 3 nitrogen and oxygen atoms in total. The second kappa shape index (κ2) is 4.58. The summed E-state index contributed by atoms with van der Waals surface area (Å²) < 4.78 is 0. The molecule has 3 N–H and O–H groups in total. The zero-order valence-electron chi connectivity index (χ0n) is 10.7. The fraction of sp³-hybridized carbons (Fsp3) is 0.400. The average Bonchev–Trinajstić information content (AvgIpc) is 2.70. The molecule has 1 aliphatic rings. The molecule has 1 unspecified atom stereocenters. The van der Waals surface area contributed by atoms with Crippen LogP contribution in [-0.2, 0) is 19.3 Å². The van der Waals surface area contributed by atoms with Crippen LogP contribution in [-0.4, -0.2) is 16.0 Å². The lowest BCUT2D eigenvalue weighted by atomic mass is 9.97. The fourth-order valence-electron chi connectivity index (χ4n) is 2.67. The van der Waals surface area contributed by atoms with E-state index in [1.54, 1.807) is 0 Å². The van der Waals surface area contributed by atoms with E-state index >= 15 is 0 Å². The highest BCUT2D eigenvalue weighted by molar-refractivity contribution is 5.27. The predicted octanol–water partition coefficient (Wildman–Crippen LogP) is 2.12. The highest BCUT2D eigenvalue weighted by Gasteiger charge is 2.19. The molecule has 18 heavy (non-hydrogen) atoms. The van der Waals surface area contributed by atoms with Gasteiger partial charge in [-0.15, -0.1) is 0 Å². The number of rotatable bonds is 2. The second-order valence-electron chi connectivity index (χ2n) is 5.28. The summed E-state index contributed by atoms with van der Waals surface area (Å²) in [5.74, 6) is 1.07. The van der Waals surface area contributed by atoms with Crippen LogP contribution < -0.4 is 5.73 Å². The van der Waals surface area contributed by atoms with E-state index in [2.05, 4.69) is 36.2 Å². The van der Waals surface area contributed by atoms with Crippen molar-refractivity contribution in [2.24, 2.45) is 5.73 Å². The van der Waals surface area contributed by atoms with Crippen LogP contribution in [0.5, 0.6) is 0 Å². The SMILES string of the molecule is Cc1cccc(Cc2nc3c([nH]2)CC(N)CC3)c1. The van der Waals surface area contributed by atoms with Crippen molar-refractivity contribution in [3.63, 3.8) is 0 Å². The first-order valence-corrected chi connectivity index (χ1v) is 6.58.